The summed E-state index contributed by atoms with van der Waals surface area (Å²) >= 11 is 0. The molecule has 0 unspecified atom stereocenters. The van der Waals surface area contributed by atoms with Gasteiger partial charge in [0.1, 0.15) is 11.4 Å². The molecule has 0 radical (unpaired) electrons. The number of amides is 1. The Balaban J connectivity index is 1.77. The van der Waals surface area contributed by atoms with Crippen LogP contribution in [-0.2, 0) is 14.8 Å². The number of aromatic nitrogens is 1. The molecule has 0 bridgehead atoms. The molecule has 1 aromatic heterocycles. The fourth-order valence-electron chi connectivity index (χ4n) is 2.86. The van der Waals surface area contributed by atoms with Crippen molar-refractivity contribution in [3.63, 3.8) is 0 Å². The molecule has 0 aliphatic rings. The summed E-state index contributed by atoms with van der Waals surface area (Å²) < 4.78 is 33.4. The Hall–Kier alpha value is -3.39. The minimum Gasteiger partial charge on any atom is -0.354 e. The van der Waals surface area contributed by atoms with Crippen molar-refractivity contribution in [2.75, 3.05) is 10.0 Å². The van der Waals surface area contributed by atoms with Crippen molar-refractivity contribution < 1.29 is 17.7 Å². The SMILES string of the molecule is CCC(=O)Nc1c(C)noc1C=Cc1ccc(S(=O)(=O)Nc2cc(C)ccc2C)cc1. The number of hydrogen-bond donors (Lipinski definition) is 2. The number of sulfonamides is 1. The van der Waals surface area contributed by atoms with E-state index in [4.69, 9.17) is 4.52 Å². The van der Waals surface area contributed by atoms with Gasteiger partial charge in [-0.1, -0.05) is 42.4 Å². The van der Waals surface area contributed by atoms with Crippen LogP contribution in [0.4, 0.5) is 11.4 Å². The maximum absolute atomic E-state index is 12.7. The van der Waals surface area contributed by atoms with Gasteiger partial charge in [0.15, 0.2) is 5.76 Å². The smallest absolute Gasteiger partial charge is 0.261 e. The summed E-state index contributed by atoms with van der Waals surface area (Å²) in [6.45, 7) is 7.27. The molecule has 162 valence electrons. The van der Waals surface area contributed by atoms with E-state index in [2.05, 4.69) is 15.2 Å². The van der Waals surface area contributed by atoms with Crippen LogP contribution < -0.4 is 10.0 Å². The first-order valence-electron chi connectivity index (χ1n) is 9.84. The number of anilines is 2. The van der Waals surface area contributed by atoms with Crippen LogP contribution in [0.25, 0.3) is 12.2 Å². The van der Waals surface area contributed by atoms with E-state index in [9.17, 15) is 13.2 Å². The van der Waals surface area contributed by atoms with Gasteiger partial charge in [-0.2, -0.15) is 0 Å². The third kappa shape index (κ3) is 5.40. The van der Waals surface area contributed by atoms with Gasteiger partial charge in [0, 0.05) is 6.42 Å². The van der Waals surface area contributed by atoms with Gasteiger partial charge in [0.2, 0.25) is 5.91 Å². The molecule has 0 fully saturated rings. The van der Waals surface area contributed by atoms with Crippen molar-refractivity contribution in [3.8, 4) is 0 Å². The zero-order valence-electron chi connectivity index (χ0n) is 17.9. The van der Waals surface area contributed by atoms with Gasteiger partial charge in [-0.3, -0.25) is 9.52 Å². The minimum absolute atomic E-state index is 0.133. The summed E-state index contributed by atoms with van der Waals surface area (Å²) in [4.78, 5) is 11.9. The molecule has 7 nitrogen and oxygen atoms in total. The summed E-state index contributed by atoms with van der Waals surface area (Å²) in [6, 6.07) is 12.1. The van der Waals surface area contributed by atoms with E-state index in [0.29, 0.717) is 29.2 Å². The van der Waals surface area contributed by atoms with Gasteiger partial charge in [-0.25, -0.2) is 8.42 Å². The molecule has 0 saturated carbocycles. The number of hydrogen-bond acceptors (Lipinski definition) is 5. The molecule has 3 rings (SSSR count). The average molecular weight is 440 g/mol. The molecule has 3 aromatic rings. The number of carbonyl (C=O) groups excluding carboxylic acids is 1. The third-order valence-electron chi connectivity index (χ3n) is 4.73. The summed E-state index contributed by atoms with van der Waals surface area (Å²) in [5, 5.41) is 6.66. The molecule has 0 atom stereocenters. The molecule has 1 amide bonds. The number of carbonyl (C=O) groups is 1. The van der Waals surface area contributed by atoms with Gasteiger partial charge >= 0.3 is 0 Å². The van der Waals surface area contributed by atoms with Crippen molar-refractivity contribution in [3.05, 3.63) is 70.6 Å². The van der Waals surface area contributed by atoms with Gasteiger partial charge < -0.3 is 9.84 Å². The van der Waals surface area contributed by atoms with Gasteiger partial charge in [-0.05, 0) is 61.7 Å². The first-order chi connectivity index (χ1) is 14.7. The lowest BCUT2D eigenvalue weighted by atomic mass is 10.1. The number of benzene rings is 2. The van der Waals surface area contributed by atoms with E-state index in [0.717, 1.165) is 16.7 Å². The Morgan fingerprint density at radius 2 is 1.77 bits per heavy atom. The molecule has 1 heterocycles. The number of aryl methyl sites for hydroxylation is 3. The van der Waals surface area contributed by atoms with Crippen LogP contribution in [-0.4, -0.2) is 19.5 Å². The normalized spacial score (nSPS) is 11.6. The van der Waals surface area contributed by atoms with Crippen LogP contribution in [0.3, 0.4) is 0 Å². The highest BCUT2D eigenvalue weighted by Gasteiger charge is 2.16. The third-order valence-corrected chi connectivity index (χ3v) is 6.11. The molecular formula is C23H25N3O4S. The molecule has 0 saturated heterocycles. The zero-order chi connectivity index (χ0) is 22.6. The van der Waals surface area contributed by atoms with E-state index < -0.39 is 10.0 Å². The Kier molecular flexibility index (Phi) is 6.60. The van der Waals surface area contributed by atoms with Crippen molar-refractivity contribution in [1.82, 2.24) is 5.16 Å². The molecule has 31 heavy (non-hydrogen) atoms. The summed E-state index contributed by atoms with van der Waals surface area (Å²) in [5.74, 6) is 0.291. The largest absolute Gasteiger partial charge is 0.354 e. The van der Waals surface area contributed by atoms with Crippen LogP contribution >= 0.6 is 0 Å². The Bertz CT molecular complexity index is 1230. The highest BCUT2D eigenvalue weighted by atomic mass is 32.2. The first-order valence-corrected chi connectivity index (χ1v) is 11.3. The molecular weight excluding hydrogens is 414 g/mol. The highest BCUT2D eigenvalue weighted by Crippen LogP contribution is 2.24. The van der Waals surface area contributed by atoms with Gasteiger partial charge in [-0.15, -0.1) is 0 Å². The maximum Gasteiger partial charge on any atom is 0.261 e. The summed E-state index contributed by atoms with van der Waals surface area (Å²) in [7, 11) is -3.71. The van der Waals surface area contributed by atoms with E-state index in [-0.39, 0.29) is 10.8 Å². The lowest BCUT2D eigenvalue weighted by molar-refractivity contribution is -0.115. The molecule has 2 aromatic carbocycles. The van der Waals surface area contributed by atoms with Gasteiger partial charge in [0.05, 0.1) is 10.6 Å². The zero-order valence-corrected chi connectivity index (χ0v) is 18.7. The van der Waals surface area contributed by atoms with Crippen LogP contribution in [0.1, 0.15) is 41.5 Å². The predicted molar refractivity (Wildman–Crippen MR) is 122 cm³/mol. The van der Waals surface area contributed by atoms with E-state index in [1.54, 1.807) is 56.3 Å². The minimum atomic E-state index is -3.71. The maximum atomic E-state index is 12.7. The van der Waals surface area contributed by atoms with Crippen LogP contribution in [0.2, 0.25) is 0 Å². The van der Waals surface area contributed by atoms with Crippen LogP contribution in [0.5, 0.6) is 0 Å². The monoisotopic (exact) mass is 439 g/mol. The van der Waals surface area contributed by atoms with Crippen molar-refractivity contribution in [2.24, 2.45) is 0 Å². The topological polar surface area (TPSA) is 101 Å². The van der Waals surface area contributed by atoms with Crippen molar-refractivity contribution >= 4 is 39.5 Å². The number of nitrogens with zero attached hydrogens (tertiary/aromatic N) is 1. The number of nitrogens with one attached hydrogen (secondary N) is 2. The average Bonchev–Trinajstić information content (AvgIpc) is 3.08. The molecule has 0 spiro atoms. The van der Waals surface area contributed by atoms with Crippen LogP contribution in [0.15, 0.2) is 51.9 Å². The van der Waals surface area contributed by atoms with E-state index in [1.165, 1.54) is 0 Å². The Morgan fingerprint density at radius 1 is 1.06 bits per heavy atom. The Labute approximate surface area is 182 Å². The fraction of sp³-hybridized carbons (Fsp3) is 0.217. The molecule has 0 aliphatic heterocycles. The molecule has 0 aliphatic carbocycles. The molecule has 8 heteroatoms. The van der Waals surface area contributed by atoms with E-state index in [1.807, 2.05) is 26.0 Å². The Morgan fingerprint density at radius 3 is 2.45 bits per heavy atom. The lowest BCUT2D eigenvalue weighted by Crippen LogP contribution is -2.13. The first kappa shape index (κ1) is 22.3. The number of rotatable bonds is 7. The quantitative estimate of drug-likeness (QED) is 0.544. The molecule has 2 N–H and O–H groups in total. The fourth-order valence-corrected chi connectivity index (χ4v) is 3.98. The van der Waals surface area contributed by atoms with Crippen LogP contribution in [0, 0.1) is 20.8 Å². The lowest BCUT2D eigenvalue weighted by Gasteiger charge is -2.11. The highest BCUT2D eigenvalue weighted by molar-refractivity contribution is 7.92. The predicted octanol–water partition coefficient (Wildman–Crippen LogP) is 4.92. The van der Waals surface area contributed by atoms with Crippen molar-refractivity contribution in [2.45, 2.75) is 39.0 Å². The second kappa shape index (κ2) is 9.18. The summed E-state index contributed by atoms with van der Waals surface area (Å²) in [6.07, 6.45) is 3.79. The van der Waals surface area contributed by atoms with Gasteiger partial charge in [0.25, 0.3) is 10.0 Å². The van der Waals surface area contributed by atoms with Crippen molar-refractivity contribution in [1.29, 1.82) is 0 Å². The van der Waals surface area contributed by atoms with E-state index >= 15 is 0 Å². The standard InChI is InChI=1S/C23H25N3O4S/c1-5-22(27)24-23-17(4)25-30-21(23)13-10-18-8-11-19(12-9-18)31(28,29)26-20-14-15(2)6-7-16(20)3/h6-14,26H,5H2,1-4H3,(H,24,27). The summed E-state index contributed by atoms with van der Waals surface area (Å²) in [5.41, 5.74) is 4.27. The second-order valence-electron chi connectivity index (χ2n) is 7.24. The second-order valence-corrected chi connectivity index (χ2v) is 8.92.